The molecule has 3 N–H and O–H groups in total. The Morgan fingerprint density at radius 1 is 1.48 bits per heavy atom. The Labute approximate surface area is 125 Å². The number of hydrogen-bond acceptors (Lipinski definition) is 5. The van der Waals surface area contributed by atoms with Crippen molar-refractivity contribution < 1.29 is 14.3 Å². The van der Waals surface area contributed by atoms with Gasteiger partial charge in [-0.15, -0.1) is 11.3 Å². The van der Waals surface area contributed by atoms with Crippen LogP contribution in [0, 0.1) is 5.82 Å². The first-order valence-corrected chi connectivity index (χ1v) is 7.21. The summed E-state index contributed by atoms with van der Waals surface area (Å²) in [5, 5.41) is 11.1. The van der Waals surface area contributed by atoms with E-state index in [-0.39, 0.29) is 11.9 Å². The van der Waals surface area contributed by atoms with Crippen LogP contribution in [-0.4, -0.2) is 23.1 Å². The van der Waals surface area contributed by atoms with Gasteiger partial charge in [0.2, 0.25) is 0 Å². The Hall–Kier alpha value is -1.99. The summed E-state index contributed by atoms with van der Waals surface area (Å²) in [5.41, 5.74) is 6.38. The topological polar surface area (TPSA) is 79.5 Å². The van der Waals surface area contributed by atoms with Crippen molar-refractivity contribution in [3.8, 4) is 0 Å². The van der Waals surface area contributed by atoms with E-state index in [1.54, 1.807) is 35.5 Å². The number of hydrogen-bond donors (Lipinski definition) is 2. The summed E-state index contributed by atoms with van der Waals surface area (Å²) in [5.74, 6) is -1.41. The smallest absolute Gasteiger partial charge is 0.326 e. The lowest BCUT2D eigenvalue weighted by Gasteiger charge is -2.25. The van der Waals surface area contributed by atoms with Crippen LogP contribution in [0.4, 0.5) is 9.52 Å². The predicted molar refractivity (Wildman–Crippen MR) is 79.9 cm³/mol. The van der Waals surface area contributed by atoms with Crippen LogP contribution >= 0.6 is 11.3 Å². The Morgan fingerprint density at radius 3 is 2.76 bits per heavy atom. The van der Waals surface area contributed by atoms with E-state index in [1.807, 2.05) is 6.92 Å². The van der Waals surface area contributed by atoms with E-state index >= 15 is 0 Å². The molecule has 2 unspecified atom stereocenters. The quantitative estimate of drug-likeness (QED) is 0.887. The van der Waals surface area contributed by atoms with E-state index in [9.17, 15) is 9.18 Å². The van der Waals surface area contributed by atoms with Crippen LogP contribution < -0.4 is 10.6 Å². The maximum Gasteiger partial charge on any atom is 0.326 e. The molecule has 0 bridgehead atoms. The van der Waals surface area contributed by atoms with Crippen LogP contribution in [0.3, 0.4) is 0 Å². The molecular weight excluding hydrogens is 293 g/mol. The fourth-order valence-electron chi connectivity index (χ4n) is 1.90. The number of anilines is 1. The summed E-state index contributed by atoms with van der Waals surface area (Å²) in [6.07, 6.45) is 0. The fraction of sp³-hybridized carbons (Fsp3) is 0.286. The zero-order chi connectivity index (χ0) is 15.6. The molecule has 0 aliphatic carbocycles. The van der Waals surface area contributed by atoms with Gasteiger partial charge >= 0.3 is 5.97 Å². The molecule has 2 atom stereocenters. The van der Waals surface area contributed by atoms with Crippen LogP contribution in [0.5, 0.6) is 0 Å². The summed E-state index contributed by atoms with van der Waals surface area (Å²) in [6, 6.07) is 5.16. The number of carboxylic acid groups (broad SMARTS) is 1. The molecule has 0 radical (unpaired) electrons. The zero-order valence-electron chi connectivity index (χ0n) is 11.7. The van der Waals surface area contributed by atoms with Crippen LogP contribution in [0.2, 0.25) is 0 Å². The van der Waals surface area contributed by atoms with Crippen LogP contribution in [0.25, 0.3) is 0 Å². The lowest BCUT2D eigenvalue weighted by Crippen LogP contribution is -2.24. The minimum absolute atomic E-state index is 0.230. The second kappa shape index (κ2) is 6.19. The second-order valence-corrected chi connectivity index (χ2v) is 5.52. The van der Waals surface area contributed by atoms with Crippen molar-refractivity contribution >= 4 is 22.4 Å². The predicted octanol–water partition coefficient (Wildman–Crippen LogP) is 2.56. The van der Waals surface area contributed by atoms with E-state index in [4.69, 9.17) is 10.8 Å². The summed E-state index contributed by atoms with van der Waals surface area (Å²) in [6.45, 7) is 1.86. The van der Waals surface area contributed by atoms with Gasteiger partial charge in [-0.05, 0) is 13.0 Å². The van der Waals surface area contributed by atoms with Gasteiger partial charge in [0.1, 0.15) is 11.9 Å². The van der Waals surface area contributed by atoms with Crippen molar-refractivity contribution in [3.63, 3.8) is 0 Å². The van der Waals surface area contributed by atoms with Gasteiger partial charge in [0.05, 0.1) is 11.7 Å². The van der Waals surface area contributed by atoms with Crippen molar-refractivity contribution in [2.24, 2.45) is 5.73 Å². The van der Waals surface area contributed by atoms with Crippen LogP contribution in [-0.2, 0) is 4.79 Å². The third-order valence-electron chi connectivity index (χ3n) is 3.33. The molecule has 0 aliphatic rings. The van der Waals surface area contributed by atoms with E-state index in [1.165, 1.54) is 17.4 Å². The normalized spacial score (nSPS) is 13.7. The molecule has 0 saturated heterocycles. The number of nitrogens with two attached hydrogens (primary N) is 1. The second-order valence-electron chi connectivity index (χ2n) is 4.68. The van der Waals surface area contributed by atoms with E-state index in [2.05, 4.69) is 4.98 Å². The van der Waals surface area contributed by atoms with Crippen molar-refractivity contribution in [3.05, 3.63) is 46.7 Å². The van der Waals surface area contributed by atoms with Gasteiger partial charge in [0.15, 0.2) is 5.13 Å². The SMILES string of the molecule is CC(c1ccccc1F)N(C)c1nc(C(N)C(=O)O)cs1. The summed E-state index contributed by atoms with van der Waals surface area (Å²) < 4.78 is 13.8. The Morgan fingerprint density at radius 2 is 2.14 bits per heavy atom. The van der Waals surface area contributed by atoms with Gasteiger partial charge in [-0.25, -0.2) is 9.37 Å². The Balaban J connectivity index is 2.22. The molecule has 0 saturated carbocycles. The Bertz CT molecular complexity index is 647. The Kier molecular flexibility index (Phi) is 4.54. The van der Waals surface area contributed by atoms with Gasteiger partial charge in [-0.1, -0.05) is 18.2 Å². The maximum absolute atomic E-state index is 13.8. The largest absolute Gasteiger partial charge is 0.480 e. The third kappa shape index (κ3) is 3.20. The lowest BCUT2D eigenvalue weighted by atomic mass is 10.1. The van der Waals surface area contributed by atoms with Gasteiger partial charge < -0.3 is 15.7 Å². The molecule has 112 valence electrons. The maximum atomic E-state index is 13.8. The average Bonchev–Trinajstić information content (AvgIpc) is 2.95. The van der Waals surface area contributed by atoms with Gasteiger partial charge in [0, 0.05) is 18.0 Å². The number of aromatic nitrogens is 1. The molecule has 0 amide bonds. The van der Waals surface area contributed by atoms with Crippen LogP contribution in [0.15, 0.2) is 29.6 Å². The van der Waals surface area contributed by atoms with E-state index in [0.717, 1.165) is 0 Å². The van der Waals surface area contributed by atoms with Crippen molar-refractivity contribution in [2.45, 2.75) is 19.0 Å². The highest BCUT2D eigenvalue weighted by atomic mass is 32.1. The van der Waals surface area contributed by atoms with Gasteiger partial charge in [-0.3, -0.25) is 4.79 Å². The number of rotatable bonds is 5. The van der Waals surface area contributed by atoms with E-state index < -0.39 is 12.0 Å². The highest BCUT2D eigenvalue weighted by molar-refractivity contribution is 7.13. The summed E-state index contributed by atoms with van der Waals surface area (Å²) in [4.78, 5) is 16.9. The number of thiazole rings is 1. The summed E-state index contributed by atoms with van der Waals surface area (Å²) in [7, 11) is 1.78. The number of halogens is 1. The zero-order valence-corrected chi connectivity index (χ0v) is 12.5. The minimum atomic E-state index is -1.15. The standard InChI is InChI=1S/C14H16FN3O2S/c1-8(9-5-3-4-6-10(9)15)18(2)14-17-11(7-21-14)12(16)13(19)20/h3-8,12H,16H2,1-2H3,(H,19,20). The molecule has 1 aromatic heterocycles. The highest BCUT2D eigenvalue weighted by Crippen LogP contribution is 2.30. The number of carboxylic acids is 1. The fourth-order valence-corrected chi connectivity index (χ4v) is 2.80. The number of nitrogens with zero attached hydrogens (tertiary/aromatic N) is 2. The molecule has 21 heavy (non-hydrogen) atoms. The molecule has 2 rings (SSSR count). The first-order valence-electron chi connectivity index (χ1n) is 6.33. The highest BCUT2D eigenvalue weighted by Gasteiger charge is 2.22. The van der Waals surface area contributed by atoms with E-state index in [0.29, 0.717) is 16.4 Å². The number of benzene rings is 1. The molecule has 7 heteroatoms. The molecule has 0 spiro atoms. The molecule has 0 aliphatic heterocycles. The summed E-state index contributed by atoms with van der Waals surface area (Å²) >= 11 is 1.28. The van der Waals surface area contributed by atoms with Gasteiger partial charge in [-0.2, -0.15) is 0 Å². The van der Waals surface area contributed by atoms with Crippen LogP contribution in [0.1, 0.15) is 30.3 Å². The van der Waals surface area contributed by atoms with Gasteiger partial charge in [0.25, 0.3) is 0 Å². The van der Waals surface area contributed by atoms with Crippen molar-refractivity contribution in [1.29, 1.82) is 0 Å². The minimum Gasteiger partial charge on any atom is -0.480 e. The number of carbonyl (C=O) groups is 1. The first kappa shape index (κ1) is 15.4. The molecule has 5 nitrogen and oxygen atoms in total. The molecule has 0 fully saturated rings. The van der Waals surface area contributed by atoms with Crippen molar-refractivity contribution in [1.82, 2.24) is 4.98 Å². The molecule has 2 aromatic rings. The average molecular weight is 309 g/mol. The monoisotopic (exact) mass is 309 g/mol. The lowest BCUT2D eigenvalue weighted by molar-refractivity contribution is -0.138. The van der Waals surface area contributed by atoms with Crippen molar-refractivity contribution in [2.75, 3.05) is 11.9 Å². The molecule has 1 heterocycles. The number of aliphatic carboxylic acids is 1. The third-order valence-corrected chi connectivity index (χ3v) is 4.28. The molecular formula is C14H16FN3O2S. The molecule has 1 aromatic carbocycles. The first-order chi connectivity index (χ1) is 9.91.